The van der Waals surface area contributed by atoms with Gasteiger partial charge in [0.2, 0.25) is 11.6 Å². The summed E-state index contributed by atoms with van der Waals surface area (Å²) >= 11 is 0. The van der Waals surface area contributed by atoms with Gasteiger partial charge >= 0.3 is 5.69 Å². The van der Waals surface area contributed by atoms with E-state index in [-0.39, 0.29) is 11.7 Å². The maximum atomic E-state index is 13.0. The third-order valence-electron chi connectivity index (χ3n) is 4.53. The van der Waals surface area contributed by atoms with E-state index in [4.69, 9.17) is 0 Å². The van der Waals surface area contributed by atoms with Crippen molar-refractivity contribution < 1.29 is 18.5 Å². The van der Waals surface area contributed by atoms with Crippen molar-refractivity contribution in [3.8, 4) is 5.69 Å². The monoisotopic (exact) mass is 403 g/mol. The van der Waals surface area contributed by atoms with Crippen LogP contribution in [-0.2, 0) is 11.3 Å². The third-order valence-corrected chi connectivity index (χ3v) is 4.53. The van der Waals surface area contributed by atoms with E-state index in [1.54, 1.807) is 6.92 Å². The second kappa shape index (κ2) is 8.21. The fraction of sp³-hybridized carbons (Fsp3) is 0.263. The number of benzene rings is 1. The lowest BCUT2D eigenvalue weighted by molar-refractivity contribution is -0.386. The van der Waals surface area contributed by atoms with Gasteiger partial charge in [-0.3, -0.25) is 19.6 Å². The zero-order valence-corrected chi connectivity index (χ0v) is 15.8. The SMILES string of the molecule is Cc1c([N+](=O)[O-])c(C(F)F)nn1CC(=O)NC(C)c1cccc(-n2cccc2)c1. The fourth-order valence-electron chi connectivity index (χ4n) is 3.05. The Kier molecular flexibility index (Phi) is 5.71. The molecule has 0 aliphatic heterocycles. The molecule has 0 radical (unpaired) electrons. The molecule has 152 valence electrons. The Bertz CT molecular complexity index is 1030. The normalized spacial score (nSPS) is 12.2. The summed E-state index contributed by atoms with van der Waals surface area (Å²) in [6.45, 7) is 2.67. The van der Waals surface area contributed by atoms with E-state index in [2.05, 4.69) is 10.4 Å². The maximum Gasteiger partial charge on any atom is 0.319 e. The van der Waals surface area contributed by atoms with Crippen molar-refractivity contribution in [3.63, 3.8) is 0 Å². The molecular weight excluding hydrogens is 384 g/mol. The van der Waals surface area contributed by atoms with Crippen LogP contribution >= 0.6 is 0 Å². The molecular formula is C19H19F2N5O3. The zero-order chi connectivity index (χ0) is 21.1. The van der Waals surface area contributed by atoms with E-state index in [9.17, 15) is 23.7 Å². The average Bonchev–Trinajstić information content (AvgIpc) is 3.30. The van der Waals surface area contributed by atoms with Crippen molar-refractivity contribution in [2.24, 2.45) is 0 Å². The van der Waals surface area contributed by atoms with Gasteiger partial charge in [0.25, 0.3) is 6.43 Å². The largest absolute Gasteiger partial charge is 0.348 e. The van der Waals surface area contributed by atoms with Crippen molar-refractivity contribution in [2.45, 2.75) is 32.9 Å². The van der Waals surface area contributed by atoms with Crippen LogP contribution in [0.15, 0.2) is 48.8 Å². The van der Waals surface area contributed by atoms with E-state index in [0.29, 0.717) is 0 Å². The molecule has 0 aliphatic rings. The van der Waals surface area contributed by atoms with E-state index < -0.39 is 35.2 Å². The van der Waals surface area contributed by atoms with Gasteiger partial charge in [-0.2, -0.15) is 5.10 Å². The molecule has 0 saturated heterocycles. The van der Waals surface area contributed by atoms with Crippen LogP contribution in [-0.4, -0.2) is 25.2 Å². The number of hydrogen-bond donors (Lipinski definition) is 1. The minimum absolute atomic E-state index is 0.0947. The Morgan fingerprint density at radius 2 is 1.97 bits per heavy atom. The van der Waals surface area contributed by atoms with Gasteiger partial charge in [-0.15, -0.1) is 0 Å². The summed E-state index contributed by atoms with van der Waals surface area (Å²) in [5, 5.41) is 17.4. The van der Waals surface area contributed by atoms with E-state index in [1.807, 2.05) is 53.4 Å². The summed E-state index contributed by atoms with van der Waals surface area (Å²) in [6.07, 6.45) is 0.695. The van der Waals surface area contributed by atoms with Crippen molar-refractivity contribution in [1.82, 2.24) is 19.7 Å². The number of rotatable bonds is 7. The topological polar surface area (TPSA) is 95.0 Å². The van der Waals surface area contributed by atoms with Gasteiger partial charge in [0, 0.05) is 18.1 Å². The third kappa shape index (κ3) is 4.31. The Labute approximate surface area is 164 Å². The summed E-state index contributed by atoms with van der Waals surface area (Å²) in [7, 11) is 0. The lowest BCUT2D eigenvalue weighted by atomic mass is 10.1. The van der Waals surface area contributed by atoms with Crippen molar-refractivity contribution >= 4 is 11.6 Å². The average molecular weight is 403 g/mol. The number of halogens is 2. The maximum absolute atomic E-state index is 13.0. The number of nitro groups is 1. The molecule has 0 saturated carbocycles. The second-order valence-electron chi connectivity index (χ2n) is 6.51. The van der Waals surface area contributed by atoms with Gasteiger partial charge in [-0.25, -0.2) is 8.78 Å². The first-order chi connectivity index (χ1) is 13.8. The first-order valence-corrected chi connectivity index (χ1v) is 8.80. The molecule has 2 heterocycles. The predicted octanol–water partition coefficient (Wildman–Crippen LogP) is 3.71. The van der Waals surface area contributed by atoms with Crippen LogP contribution in [0.5, 0.6) is 0 Å². The second-order valence-corrected chi connectivity index (χ2v) is 6.51. The summed E-state index contributed by atoms with van der Waals surface area (Å²) < 4.78 is 28.9. The Morgan fingerprint density at radius 1 is 1.28 bits per heavy atom. The van der Waals surface area contributed by atoms with Crippen LogP contribution in [0.4, 0.5) is 14.5 Å². The van der Waals surface area contributed by atoms with Crippen LogP contribution in [0.3, 0.4) is 0 Å². The number of carbonyl (C=O) groups is 1. The number of alkyl halides is 2. The first kappa shape index (κ1) is 20.2. The molecule has 0 spiro atoms. The highest BCUT2D eigenvalue weighted by Crippen LogP contribution is 2.30. The molecule has 1 aromatic carbocycles. The number of nitrogens with zero attached hydrogens (tertiary/aromatic N) is 4. The molecule has 8 nitrogen and oxygen atoms in total. The summed E-state index contributed by atoms with van der Waals surface area (Å²) in [6, 6.07) is 11.0. The van der Waals surface area contributed by atoms with Crippen molar-refractivity contribution in [1.29, 1.82) is 0 Å². The quantitative estimate of drug-likeness (QED) is 0.481. The Balaban J connectivity index is 1.74. The van der Waals surface area contributed by atoms with Crippen molar-refractivity contribution in [2.75, 3.05) is 0 Å². The minimum atomic E-state index is -3.10. The standard InChI is InChI=1S/C19H19F2N5O3/c1-12(14-6-5-7-15(10-14)24-8-3-4-9-24)22-16(27)11-25-13(2)18(26(28)29)17(23-25)19(20)21/h3-10,12,19H,11H2,1-2H3,(H,22,27). The van der Waals surface area contributed by atoms with Gasteiger partial charge < -0.3 is 9.88 Å². The van der Waals surface area contributed by atoms with Crippen LogP contribution in [0, 0.1) is 17.0 Å². The molecule has 3 aromatic rings. The molecule has 3 rings (SSSR count). The smallest absolute Gasteiger partial charge is 0.319 e. The number of amides is 1. The molecule has 2 aromatic heterocycles. The van der Waals surface area contributed by atoms with Gasteiger partial charge in [0.05, 0.1) is 11.0 Å². The number of nitrogens with one attached hydrogen (secondary N) is 1. The van der Waals surface area contributed by atoms with Gasteiger partial charge in [0.1, 0.15) is 12.2 Å². The van der Waals surface area contributed by atoms with Crippen LogP contribution < -0.4 is 5.32 Å². The zero-order valence-electron chi connectivity index (χ0n) is 15.8. The van der Waals surface area contributed by atoms with Gasteiger partial charge in [-0.1, -0.05) is 12.1 Å². The van der Waals surface area contributed by atoms with Crippen LogP contribution in [0.1, 0.15) is 36.3 Å². The lowest BCUT2D eigenvalue weighted by Crippen LogP contribution is -2.30. The molecule has 1 unspecified atom stereocenters. The summed E-state index contributed by atoms with van der Waals surface area (Å²) in [5.74, 6) is -0.495. The Morgan fingerprint density at radius 3 is 2.55 bits per heavy atom. The summed E-state index contributed by atoms with van der Waals surface area (Å²) in [4.78, 5) is 22.5. The predicted molar refractivity (Wildman–Crippen MR) is 101 cm³/mol. The van der Waals surface area contributed by atoms with Crippen LogP contribution in [0.25, 0.3) is 5.69 Å². The van der Waals surface area contributed by atoms with E-state index in [0.717, 1.165) is 15.9 Å². The summed E-state index contributed by atoms with van der Waals surface area (Å²) in [5.41, 5.74) is -0.0227. The molecule has 29 heavy (non-hydrogen) atoms. The number of aromatic nitrogens is 3. The molecule has 1 amide bonds. The molecule has 0 fully saturated rings. The van der Waals surface area contributed by atoms with E-state index >= 15 is 0 Å². The number of hydrogen-bond acceptors (Lipinski definition) is 4. The Hall–Kier alpha value is -3.56. The molecule has 10 heteroatoms. The van der Waals surface area contributed by atoms with Crippen LogP contribution in [0.2, 0.25) is 0 Å². The van der Waals surface area contributed by atoms with Gasteiger partial charge in [0.15, 0.2) is 0 Å². The molecule has 1 atom stereocenters. The lowest BCUT2D eigenvalue weighted by Gasteiger charge is -2.16. The minimum Gasteiger partial charge on any atom is -0.348 e. The highest BCUT2D eigenvalue weighted by Gasteiger charge is 2.31. The number of carbonyl (C=O) groups excluding carboxylic acids is 1. The van der Waals surface area contributed by atoms with E-state index in [1.165, 1.54) is 6.92 Å². The molecule has 0 aliphatic carbocycles. The van der Waals surface area contributed by atoms with Crippen molar-refractivity contribution in [3.05, 3.63) is 75.9 Å². The first-order valence-electron chi connectivity index (χ1n) is 8.80. The highest BCUT2D eigenvalue weighted by molar-refractivity contribution is 5.76. The van der Waals surface area contributed by atoms with Gasteiger partial charge in [-0.05, 0) is 43.7 Å². The molecule has 1 N–H and O–H groups in total. The fourth-order valence-corrected chi connectivity index (χ4v) is 3.05. The highest BCUT2D eigenvalue weighted by atomic mass is 19.3. The molecule has 0 bridgehead atoms.